The number of benzene rings is 2. The van der Waals surface area contributed by atoms with Crippen molar-refractivity contribution in [1.29, 1.82) is 0 Å². The predicted octanol–water partition coefficient (Wildman–Crippen LogP) is 4.43. The van der Waals surface area contributed by atoms with Crippen LogP contribution in [0, 0.1) is 0 Å². The Kier molecular flexibility index (Phi) is 7.42. The van der Waals surface area contributed by atoms with E-state index in [2.05, 4.69) is 5.32 Å². The molecule has 7 heteroatoms. The summed E-state index contributed by atoms with van der Waals surface area (Å²) in [4.78, 5) is 32.2. The minimum Gasteiger partial charge on any atom is -0.459 e. The maximum Gasteiger partial charge on any atom is 0.286 e. The highest BCUT2D eigenvalue weighted by atomic mass is 16.3. The number of carbonyl (C=O) groups is 2. The summed E-state index contributed by atoms with van der Waals surface area (Å²) >= 11 is 0. The van der Waals surface area contributed by atoms with Gasteiger partial charge in [-0.1, -0.05) is 42.5 Å². The first-order valence-corrected chi connectivity index (χ1v) is 11.6. The molecule has 0 saturated heterocycles. The van der Waals surface area contributed by atoms with Crippen molar-refractivity contribution in [2.75, 3.05) is 6.54 Å². The third kappa shape index (κ3) is 5.54. The van der Waals surface area contributed by atoms with E-state index in [-0.39, 0.29) is 24.4 Å². The van der Waals surface area contributed by atoms with E-state index in [0.29, 0.717) is 31.7 Å². The average Bonchev–Trinajstić information content (AvgIpc) is 3.49. The summed E-state index contributed by atoms with van der Waals surface area (Å²) in [5.74, 6) is 0.951. The van der Waals surface area contributed by atoms with Gasteiger partial charge in [0.25, 0.3) is 5.91 Å². The quantitative estimate of drug-likeness (QED) is 0.357. The predicted molar refractivity (Wildman–Crippen MR) is 131 cm³/mol. The van der Waals surface area contributed by atoms with E-state index < -0.39 is 0 Å². The summed E-state index contributed by atoms with van der Waals surface area (Å²) in [7, 11) is 0. The van der Waals surface area contributed by atoms with Gasteiger partial charge >= 0.3 is 0 Å². The second-order valence-electron chi connectivity index (χ2n) is 8.54. The molecule has 2 aromatic carbocycles. The molecule has 7 nitrogen and oxygen atoms in total. The van der Waals surface area contributed by atoms with Gasteiger partial charge in [0.1, 0.15) is 12.4 Å². The Morgan fingerprint density at radius 3 is 2.53 bits per heavy atom. The lowest BCUT2D eigenvalue weighted by Crippen LogP contribution is -2.38. The molecule has 1 N–H and O–H groups in total. The topological polar surface area (TPSA) is 80.4 Å². The molecule has 2 aromatic heterocycles. The number of imidazole rings is 1. The van der Waals surface area contributed by atoms with Gasteiger partial charge in [-0.2, -0.15) is 0 Å². The van der Waals surface area contributed by atoms with Crippen molar-refractivity contribution in [1.82, 2.24) is 19.8 Å². The molecule has 2 amide bonds. The lowest BCUT2D eigenvalue weighted by Gasteiger charge is -2.27. The number of nitrogens with one attached hydrogen (secondary N) is 1. The zero-order chi connectivity index (χ0) is 23.9. The maximum absolute atomic E-state index is 13.4. The van der Waals surface area contributed by atoms with Crippen LogP contribution in [-0.2, 0) is 24.3 Å². The zero-order valence-electron chi connectivity index (χ0n) is 19.6. The molecule has 2 heterocycles. The van der Waals surface area contributed by atoms with Crippen molar-refractivity contribution < 1.29 is 14.0 Å². The van der Waals surface area contributed by atoms with Crippen LogP contribution < -0.4 is 5.32 Å². The highest BCUT2D eigenvalue weighted by Crippen LogP contribution is 2.19. The molecule has 0 radical (unpaired) electrons. The molecular weight excluding hydrogens is 428 g/mol. The van der Waals surface area contributed by atoms with E-state index >= 15 is 0 Å². The van der Waals surface area contributed by atoms with Crippen molar-refractivity contribution in [3.63, 3.8) is 0 Å². The smallest absolute Gasteiger partial charge is 0.286 e. The van der Waals surface area contributed by atoms with Crippen LogP contribution in [0.2, 0.25) is 0 Å². The monoisotopic (exact) mass is 458 g/mol. The number of aromatic nitrogens is 2. The van der Waals surface area contributed by atoms with Crippen molar-refractivity contribution in [3.8, 4) is 0 Å². The first kappa shape index (κ1) is 23.3. The molecule has 0 aliphatic heterocycles. The first-order valence-electron chi connectivity index (χ1n) is 11.6. The highest BCUT2D eigenvalue weighted by molar-refractivity contribution is 5.91. The molecule has 4 aromatic rings. The Morgan fingerprint density at radius 2 is 1.79 bits per heavy atom. The van der Waals surface area contributed by atoms with E-state index in [0.717, 1.165) is 22.4 Å². The number of aryl methyl sites for hydroxylation is 1. The SMILES string of the molecule is CC(C)N(Cc1ccccc1)C(=O)Cn1c(CCCNC(=O)c2ccco2)nc2ccccc21. The van der Waals surface area contributed by atoms with Gasteiger partial charge in [0, 0.05) is 25.6 Å². The van der Waals surface area contributed by atoms with Crippen LogP contribution in [0.15, 0.2) is 77.4 Å². The Balaban J connectivity index is 1.46. The summed E-state index contributed by atoms with van der Waals surface area (Å²) in [6.45, 7) is 5.35. The van der Waals surface area contributed by atoms with E-state index in [1.54, 1.807) is 12.1 Å². The van der Waals surface area contributed by atoms with Crippen LogP contribution in [0.3, 0.4) is 0 Å². The van der Waals surface area contributed by atoms with Crippen LogP contribution >= 0.6 is 0 Å². The summed E-state index contributed by atoms with van der Waals surface area (Å²) < 4.78 is 7.13. The second kappa shape index (κ2) is 10.8. The lowest BCUT2D eigenvalue weighted by atomic mass is 10.2. The molecule has 4 rings (SSSR count). The van der Waals surface area contributed by atoms with E-state index in [1.807, 2.05) is 77.9 Å². The molecule has 34 heavy (non-hydrogen) atoms. The Morgan fingerprint density at radius 1 is 1.03 bits per heavy atom. The van der Waals surface area contributed by atoms with Gasteiger partial charge in [-0.3, -0.25) is 9.59 Å². The molecule has 0 aliphatic carbocycles. The van der Waals surface area contributed by atoms with Gasteiger partial charge < -0.3 is 19.2 Å². The molecule has 0 aliphatic rings. The number of hydrogen-bond acceptors (Lipinski definition) is 4. The molecule has 0 spiro atoms. The summed E-state index contributed by atoms with van der Waals surface area (Å²) in [5, 5.41) is 2.86. The number of nitrogens with zero attached hydrogens (tertiary/aromatic N) is 3. The summed E-state index contributed by atoms with van der Waals surface area (Å²) in [5.41, 5.74) is 2.91. The van der Waals surface area contributed by atoms with Crippen LogP contribution in [0.25, 0.3) is 11.0 Å². The van der Waals surface area contributed by atoms with Crippen molar-refractivity contribution >= 4 is 22.8 Å². The molecule has 0 atom stereocenters. The molecule has 0 unspecified atom stereocenters. The molecule has 0 bridgehead atoms. The molecule has 176 valence electrons. The third-order valence-corrected chi connectivity index (χ3v) is 5.77. The number of carbonyl (C=O) groups excluding carboxylic acids is 2. The van der Waals surface area contributed by atoms with Crippen molar-refractivity contribution in [2.24, 2.45) is 0 Å². The van der Waals surface area contributed by atoms with Gasteiger partial charge in [0.2, 0.25) is 5.91 Å². The largest absolute Gasteiger partial charge is 0.459 e. The minimum absolute atomic E-state index is 0.0504. The van der Waals surface area contributed by atoms with Crippen LogP contribution in [-0.4, -0.2) is 38.9 Å². The normalized spacial score (nSPS) is 11.1. The van der Waals surface area contributed by atoms with Crippen LogP contribution in [0.1, 0.15) is 42.2 Å². The fraction of sp³-hybridized carbons (Fsp3) is 0.296. The number of para-hydroxylation sites is 2. The van der Waals surface area contributed by atoms with Crippen molar-refractivity contribution in [3.05, 3.63) is 90.1 Å². The Bertz CT molecular complexity index is 1230. The van der Waals surface area contributed by atoms with Gasteiger partial charge in [0.05, 0.1) is 17.3 Å². The van der Waals surface area contributed by atoms with Crippen LogP contribution in [0.4, 0.5) is 0 Å². The fourth-order valence-electron chi connectivity index (χ4n) is 4.00. The second-order valence-corrected chi connectivity index (χ2v) is 8.54. The van der Waals surface area contributed by atoms with Gasteiger partial charge in [-0.15, -0.1) is 0 Å². The van der Waals surface area contributed by atoms with Gasteiger partial charge in [-0.25, -0.2) is 4.98 Å². The number of amides is 2. The van der Waals surface area contributed by atoms with Gasteiger partial charge in [-0.05, 0) is 50.1 Å². The molecular formula is C27H30N4O3. The highest BCUT2D eigenvalue weighted by Gasteiger charge is 2.21. The average molecular weight is 459 g/mol. The van der Waals surface area contributed by atoms with Crippen LogP contribution in [0.5, 0.6) is 0 Å². The zero-order valence-corrected chi connectivity index (χ0v) is 19.6. The van der Waals surface area contributed by atoms with E-state index in [9.17, 15) is 9.59 Å². The third-order valence-electron chi connectivity index (χ3n) is 5.77. The molecule has 0 fully saturated rings. The fourth-order valence-corrected chi connectivity index (χ4v) is 4.00. The molecule has 0 saturated carbocycles. The lowest BCUT2D eigenvalue weighted by molar-refractivity contribution is -0.134. The summed E-state index contributed by atoms with van der Waals surface area (Å²) in [6, 6.07) is 21.3. The number of fused-ring (bicyclic) bond motifs is 1. The van der Waals surface area contributed by atoms with Gasteiger partial charge in [0.15, 0.2) is 5.76 Å². The number of rotatable bonds is 10. The first-order chi connectivity index (χ1) is 16.5. The Labute approximate surface area is 199 Å². The summed E-state index contributed by atoms with van der Waals surface area (Å²) in [6.07, 6.45) is 2.81. The van der Waals surface area contributed by atoms with E-state index in [4.69, 9.17) is 9.40 Å². The standard InChI is InChI=1S/C27H30N4O3/c1-20(2)30(18-21-10-4-3-5-11-21)26(32)19-31-23-13-7-6-12-22(23)29-25(31)15-8-16-28-27(33)24-14-9-17-34-24/h3-7,9-14,17,20H,8,15-16,18-19H2,1-2H3,(H,28,33). The number of hydrogen-bond donors (Lipinski definition) is 1. The van der Waals surface area contributed by atoms with Crippen molar-refractivity contribution in [2.45, 2.75) is 45.8 Å². The minimum atomic E-state index is -0.234. The number of furan rings is 1. The van der Waals surface area contributed by atoms with E-state index in [1.165, 1.54) is 6.26 Å². The maximum atomic E-state index is 13.4. The Hall–Kier alpha value is -3.87.